The van der Waals surface area contributed by atoms with Crippen molar-refractivity contribution in [2.75, 3.05) is 19.6 Å². The van der Waals surface area contributed by atoms with Crippen LogP contribution in [0.3, 0.4) is 0 Å². The Bertz CT molecular complexity index is 318. The van der Waals surface area contributed by atoms with Gasteiger partial charge in [0, 0.05) is 12.6 Å². The predicted molar refractivity (Wildman–Crippen MR) is 135 cm³/mol. The van der Waals surface area contributed by atoms with Crippen LogP contribution in [0.1, 0.15) is 143 Å². The number of nitrogens with two attached hydrogens (primary N) is 1. The van der Waals surface area contributed by atoms with Gasteiger partial charge in [0.15, 0.2) is 0 Å². The number of aliphatic hydroxyl groups is 1. The average Bonchev–Trinajstić information content (AvgIpc) is 2.70. The maximum atomic E-state index is 10.2. The predicted octanol–water partition coefficient (Wildman–Crippen LogP) is 7.45. The monoisotopic (exact) mass is 426 g/mol. The van der Waals surface area contributed by atoms with Crippen LogP contribution in [0.25, 0.3) is 0 Å². The molecule has 0 aliphatic rings. The summed E-state index contributed by atoms with van der Waals surface area (Å²) >= 11 is 0. The summed E-state index contributed by atoms with van der Waals surface area (Å²) in [7, 11) is 0. The molecule has 0 aromatic rings. The minimum atomic E-state index is -0.796. The first-order valence-electron chi connectivity index (χ1n) is 13.6. The first kappa shape index (κ1) is 29.9. The third-order valence-electron chi connectivity index (χ3n) is 6.52. The Morgan fingerprint density at radius 2 is 0.900 bits per heavy atom. The lowest BCUT2D eigenvalue weighted by Crippen LogP contribution is -2.50. The fourth-order valence-electron chi connectivity index (χ4n) is 4.09. The first-order chi connectivity index (χ1) is 14.4. The second-order valence-corrected chi connectivity index (χ2v) is 10.2. The van der Waals surface area contributed by atoms with E-state index >= 15 is 0 Å². The molecule has 3 heteroatoms. The van der Waals surface area contributed by atoms with Gasteiger partial charge in [-0.05, 0) is 39.8 Å². The standard InChI is InChI=1S/C27H58N2O/c1-5-7-9-11-13-15-17-19-21-23-29(25-26(28)27(3,4)30)24-22-20-18-16-14-12-10-8-6-2/h26,30H,5-25,28H2,1-4H3/t26-/m0/s1. The van der Waals surface area contributed by atoms with E-state index < -0.39 is 5.60 Å². The molecule has 0 saturated heterocycles. The van der Waals surface area contributed by atoms with Crippen molar-refractivity contribution in [1.29, 1.82) is 0 Å². The van der Waals surface area contributed by atoms with Crippen LogP contribution in [0.15, 0.2) is 0 Å². The molecule has 0 saturated carbocycles. The lowest BCUT2D eigenvalue weighted by Gasteiger charge is -2.32. The average molecular weight is 427 g/mol. The maximum absolute atomic E-state index is 10.2. The summed E-state index contributed by atoms with van der Waals surface area (Å²) in [5, 5.41) is 10.2. The normalized spacial score (nSPS) is 13.3. The van der Waals surface area contributed by atoms with E-state index in [4.69, 9.17) is 5.73 Å². The second-order valence-electron chi connectivity index (χ2n) is 10.2. The van der Waals surface area contributed by atoms with Crippen LogP contribution in [0.4, 0.5) is 0 Å². The van der Waals surface area contributed by atoms with E-state index in [0.29, 0.717) is 0 Å². The van der Waals surface area contributed by atoms with Gasteiger partial charge in [0.25, 0.3) is 0 Å². The fourth-order valence-corrected chi connectivity index (χ4v) is 4.09. The largest absolute Gasteiger partial charge is 0.389 e. The van der Waals surface area contributed by atoms with Crippen LogP contribution in [0.2, 0.25) is 0 Å². The molecule has 0 spiro atoms. The van der Waals surface area contributed by atoms with E-state index in [1.807, 2.05) is 13.8 Å². The lowest BCUT2D eigenvalue weighted by molar-refractivity contribution is 0.0367. The van der Waals surface area contributed by atoms with Crippen molar-refractivity contribution in [2.24, 2.45) is 5.73 Å². The Morgan fingerprint density at radius 3 is 1.20 bits per heavy atom. The van der Waals surface area contributed by atoms with E-state index in [-0.39, 0.29) is 6.04 Å². The van der Waals surface area contributed by atoms with Gasteiger partial charge in [0.05, 0.1) is 5.60 Å². The van der Waals surface area contributed by atoms with Crippen LogP contribution in [-0.4, -0.2) is 41.3 Å². The zero-order valence-electron chi connectivity index (χ0n) is 21.4. The van der Waals surface area contributed by atoms with Crippen LogP contribution >= 0.6 is 0 Å². The molecular formula is C27H58N2O. The number of hydrogen-bond donors (Lipinski definition) is 2. The van der Waals surface area contributed by atoms with Gasteiger partial charge in [0.1, 0.15) is 0 Å². The van der Waals surface area contributed by atoms with Gasteiger partial charge < -0.3 is 15.7 Å². The van der Waals surface area contributed by atoms with Gasteiger partial charge in [-0.2, -0.15) is 0 Å². The number of nitrogens with zero attached hydrogens (tertiary/aromatic N) is 1. The molecule has 0 fully saturated rings. The molecule has 0 aliphatic heterocycles. The molecule has 0 aromatic carbocycles. The summed E-state index contributed by atoms with van der Waals surface area (Å²) < 4.78 is 0. The van der Waals surface area contributed by atoms with Crippen molar-refractivity contribution >= 4 is 0 Å². The van der Waals surface area contributed by atoms with Gasteiger partial charge in [-0.1, -0.05) is 117 Å². The molecule has 3 nitrogen and oxygen atoms in total. The minimum absolute atomic E-state index is 0.172. The Labute approximate surface area is 190 Å². The maximum Gasteiger partial charge on any atom is 0.0754 e. The SMILES string of the molecule is CCCCCCCCCCCN(CCCCCCCCCCC)C[C@H](N)C(C)(C)O. The zero-order chi connectivity index (χ0) is 22.5. The van der Waals surface area contributed by atoms with Crippen LogP contribution in [-0.2, 0) is 0 Å². The first-order valence-corrected chi connectivity index (χ1v) is 13.6. The van der Waals surface area contributed by atoms with E-state index in [1.165, 1.54) is 116 Å². The molecule has 0 rings (SSSR count). The number of hydrogen-bond acceptors (Lipinski definition) is 3. The molecule has 0 heterocycles. The van der Waals surface area contributed by atoms with E-state index in [2.05, 4.69) is 18.7 Å². The second kappa shape index (κ2) is 20.8. The van der Waals surface area contributed by atoms with Gasteiger partial charge >= 0.3 is 0 Å². The Hall–Kier alpha value is -0.120. The Kier molecular flexibility index (Phi) is 20.7. The molecule has 0 bridgehead atoms. The number of rotatable bonds is 23. The summed E-state index contributed by atoms with van der Waals surface area (Å²) in [6, 6.07) is -0.172. The highest BCUT2D eigenvalue weighted by Gasteiger charge is 2.24. The molecule has 0 amide bonds. The topological polar surface area (TPSA) is 49.5 Å². The summed E-state index contributed by atoms with van der Waals surface area (Å²) in [5.74, 6) is 0. The van der Waals surface area contributed by atoms with Gasteiger partial charge in [-0.25, -0.2) is 0 Å². The molecule has 0 aliphatic carbocycles. The van der Waals surface area contributed by atoms with Gasteiger partial charge in [-0.15, -0.1) is 0 Å². The molecule has 0 radical (unpaired) electrons. The molecule has 30 heavy (non-hydrogen) atoms. The molecule has 3 N–H and O–H groups in total. The highest BCUT2D eigenvalue weighted by atomic mass is 16.3. The van der Waals surface area contributed by atoms with Crippen molar-refractivity contribution in [3.05, 3.63) is 0 Å². The molecule has 0 aromatic heterocycles. The summed E-state index contributed by atoms with van der Waals surface area (Å²) in [6.45, 7) is 11.3. The third-order valence-corrected chi connectivity index (χ3v) is 6.52. The smallest absolute Gasteiger partial charge is 0.0754 e. The van der Waals surface area contributed by atoms with Crippen molar-refractivity contribution in [1.82, 2.24) is 4.90 Å². The van der Waals surface area contributed by atoms with Crippen LogP contribution in [0, 0.1) is 0 Å². The van der Waals surface area contributed by atoms with Crippen molar-refractivity contribution in [3.63, 3.8) is 0 Å². The quantitative estimate of drug-likeness (QED) is 0.167. The van der Waals surface area contributed by atoms with E-state index in [1.54, 1.807) is 0 Å². The third kappa shape index (κ3) is 19.8. The van der Waals surface area contributed by atoms with Crippen LogP contribution < -0.4 is 5.73 Å². The summed E-state index contributed by atoms with van der Waals surface area (Å²) in [4.78, 5) is 2.52. The molecule has 1 atom stereocenters. The van der Waals surface area contributed by atoms with E-state index in [0.717, 1.165) is 19.6 Å². The highest BCUT2D eigenvalue weighted by Crippen LogP contribution is 2.14. The minimum Gasteiger partial charge on any atom is -0.389 e. The van der Waals surface area contributed by atoms with Gasteiger partial charge in [0.2, 0.25) is 0 Å². The Morgan fingerprint density at radius 1 is 0.600 bits per heavy atom. The zero-order valence-corrected chi connectivity index (χ0v) is 21.4. The van der Waals surface area contributed by atoms with Crippen LogP contribution in [0.5, 0.6) is 0 Å². The summed E-state index contributed by atoms with van der Waals surface area (Å²) in [6.07, 6.45) is 24.7. The highest BCUT2D eigenvalue weighted by molar-refractivity contribution is 4.83. The van der Waals surface area contributed by atoms with Gasteiger partial charge in [-0.3, -0.25) is 0 Å². The lowest BCUT2D eigenvalue weighted by atomic mass is 9.99. The molecular weight excluding hydrogens is 368 g/mol. The fraction of sp³-hybridized carbons (Fsp3) is 1.00. The molecule has 0 unspecified atom stereocenters. The summed E-state index contributed by atoms with van der Waals surface area (Å²) in [5.41, 5.74) is 5.48. The van der Waals surface area contributed by atoms with Crippen molar-refractivity contribution in [3.8, 4) is 0 Å². The van der Waals surface area contributed by atoms with Crippen molar-refractivity contribution in [2.45, 2.75) is 155 Å². The Balaban J connectivity index is 3.95. The number of unbranched alkanes of at least 4 members (excludes halogenated alkanes) is 16. The molecule has 182 valence electrons. The van der Waals surface area contributed by atoms with Crippen molar-refractivity contribution < 1.29 is 5.11 Å². The van der Waals surface area contributed by atoms with E-state index in [9.17, 15) is 5.11 Å².